The van der Waals surface area contributed by atoms with Gasteiger partial charge in [-0.15, -0.1) is 0 Å². The van der Waals surface area contributed by atoms with Crippen LogP contribution in [-0.2, 0) is 0 Å². The Morgan fingerprint density at radius 2 is 1.53 bits per heavy atom. The number of benzene rings is 2. The highest BCUT2D eigenvalue weighted by atomic mass is 16.4. The highest BCUT2D eigenvalue weighted by molar-refractivity contribution is 5.93. The van der Waals surface area contributed by atoms with Crippen molar-refractivity contribution in [3.63, 3.8) is 0 Å². The average molecular weight is 229 g/mol. The summed E-state index contributed by atoms with van der Waals surface area (Å²) < 4.78 is 0. The van der Waals surface area contributed by atoms with Crippen molar-refractivity contribution in [2.45, 2.75) is 6.92 Å². The molecule has 0 unspecified atom stereocenters. The summed E-state index contributed by atoms with van der Waals surface area (Å²) in [5.74, 6) is -0.988. The van der Waals surface area contributed by atoms with E-state index in [1.54, 1.807) is 18.2 Å². The summed E-state index contributed by atoms with van der Waals surface area (Å²) in [6, 6.07) is 16.6. The van der Waals surface area contributed by atoms with Gasteiger partial charge >= 0.3 is 5.97 Å². The fourth-order valence-corrected chi connectivity index (χ4v) is 1.23. The fraction of sp³-hybridized carbons (Fsp3) is 0.0714. The second-order valence-corrected chi connectivity index (χ2v) is 3.55. The molecule has 3 nitrogen and oxygen atoms in total. The molecular weight excluding hydrogens is 214 g/mol. The molecule has 0 saturated carbocycles. The van der Waals surface area contributed by atoms with Crippen molar-refractivity contribution >= 4 is 11.7 Å². The summed E-state index contributed by atoms with van der Waals surface area (Å²) in [7, 11) is 0. The van der Waals surface area contributed by atoms with Crippen molar-refractivity contribution in [3.8, 4) is 0 Å². The first-order chi connectivity index (χ1) is 8.11. The molecule has 0 aliphatic heterocycles. The number of carboxylic acids is 1. The van der Waals surface area contributed by atoms with Crippen molar-refractivity contribution in [3.05, 3.63) is 65.7 Å². The molecule has 0 heterocycles. The Morgan fingerprint density at radius 3 is 1.88 bits per heavy atom. The maximum atomic E-state index is 10.3. The molecule has 0 fully saturated rings. The number of rotatable bonds is 1. The Hall–Kier alpha value is -2.29. The Bertz CT molecular complexity index is 481. The van der Waals surface area contributed by atoms with Crippen LogP contribution in [0.2, 0.25) is 0 Å². The summed E-state index contributed by atoms with van der Waals surface area (Å²) in [6.45, 7) is 2.08. The number of anilines is 1. The smallest absolute Gasteiger partial charge is 0.337 e. The van der Waals surface area contributed by atoms with Gasteiger partial charge in [0.2, 0.25) is 0 Å². The predicted molar refractivity (Wildman–Crippen MR) is 69.0 cm³/mol. The van der Waals surface area contributed by atoms with E-state index in [4.69, 9.17) is 10.8 Å². The molecule has 0 bridgehead atoms. The molecule has 0 aliphatic carbocycles. The van der Waals surface area contributed by atoms with E-state index in [1.165, 1.54) is 11.6 Å². The molecule has 3 heteroatoms. The SMILES string of the molecule is Cc1ccccc1.Nc1ccccc1C(=O)O. The second-order valence-electron chi connectivity index (χ2n) is 3.55. The second kappa shape index (κ2) is 6.33. The summed E-state index contributed by atoms with van der Waals surface area (Å²) >= 11 is 0. The molecule has 2 aromatic carbocycles. The van der Waals surface area contributed by atoms with E-state index in [9.17, 15) is 4.79 Å². The number of aryl methyl sites for hydroxylation is 1. The Kier molecular flexibility index (Phi) is 4.76. The molecule has 0 aliphatic rings. The van der Waals surface area contributed by atoms with Crippen LogP contribution in [0.15, 0.2) is 54.6 Å². The molecule has 0 aromatic heterocycles. The van der Waals surface area contributed by atoms with Crippen LogP contribution < -0.4 is 5.73 Å². The Balaban J connectivity index is 0.000000181. The maximum Gasteiger partial charge on any atom is 0.337 e. The number of carboxylic acid groups (broad SMARTS) is 1. The number of nitrogen functional groups attached to an aromatic ring is 1. The van der Waals surface area contributed by atoms with Gasteiger partial charge in [-0.25, -0.2) is 4.79 Å². The standard InChI is InChI=1S/C7H7NO2.C7H8/c8-6-4-2-1-3-5(6)7(9)10;1-7-5-3-2-4-6-7/h1-4H,8H2,(H,9,10);2-6H,1H3. The third-order valence-electron chi connectivity index (χ3n) is 2.13. The predicted octanol–water partition coefficient (Wildman–Crippen LogP) is 2.96. The van der Waals surface area contributed by atoms with Gasteiger partial charge in [-0.2, -0.15) is 0 Å². The van der Waals surface area contributed by atoms with Crippen LogP contribution in [0.5, 0.6) is 0 Å². The molecule has 0 radical (unpaired) electrons. The zero-order chi connectivity index (χ0) is 12.7. The molecule has 0 atom stereocenters. The van der Waals surface area contributed by atoms with Crippen molar-refractivity contribution in [2.75, 3.05) is 5.73 Å². The van der Waals surface area contributed by atoms with Crippen LogP contribution in [0.4, 0.5) is 5.69 Å². The van der Waals surface area contributed by atoms with Crippen molar-refractivity contribution < 1.29 is 9.90 Å². The minimum Gasteiger partial charge on any atom is -0.478 e. The molecule has 88 valence electrons. The maximum absolute atomic E-state index is 10.3. The average Bonchev–Trinajstić information content (AvgIpc) is 2.31. The number of para-hydroxylation sites is 1. The molecule has 0 saturated heterocycles. The van der Waals surface area contributed by atoms with E-state index >= 15 is 0 Å². The number of hydrogen-bond acceptors (Lipinski definition) is 2. The summed E-state index contributed by atoms with van der Waals surface area (Å²) in [4.78, 5) is 10.3. The summed E-state index contributed by atoms with van der Waals surface area (Å²) in [6.07, 6.45) is 0. The Labute approximate surface area is 101 Å². The summed E-state index contributed by atoms with van der Waals surface area (Å²) in [5, 5.41) is 8.49. The molecule has 2 aromatic rings. The van der Waals surface area contributed by atoms with Gasteiger partial charge in [-0.1, -0.05) is 48.0 Å². The fourth-order valence-electron chi connectivity index (χ4n) is 1.23. The molecule has 0 amide bonds. The lowest BCUT2D eigenvalue weighted by Crippen LogP contribution is -2.00. The van der Waals surface area contributed by atoms with Gasteiger partial charge in [0.05, 0.1) is 5.56 Å². The van der Waals surface area contributed by atoms with E-state index in [1.807, 2.05) is 18.2 Å². The lowest BCUT2D eigenvalue weighted by atomic mass is 10.2. The minimum absolute atomic E-state index is 0.155. The molecule has 3 N–H and O–H groups in total. The zero-order valence-electron chi connectivity index (χ0n) is 9.63. The lowest BCUT2D eigenvalue weighted by Gasteiger charge is -1.96. The molecular formula is C14H15NO2. The number of nitrogens with two attached hydrogens (primary N) is 1. The van der Waals surface area contributed by atoms with Crippen molar-refractivity contribution in [2.24, 2.45) is 0 Å². The topological polar surface area (TPSA) is 63.3 Å². The number of aromatic carboxylic acids is 1. The highest BCUT2D eigenvalue weighted by Crippen LogP contribution is 2.09. The molecule has 17 heavy (non-hydrogen) atoms. The highest BCUT2D eigenvalue weighted by Gasteiger charge is 2.03. The third-order valence-corrected chi connectivity index (χ3v) is 2.13. The largest absolute Gasteiger partial charge is 0.478 e. The van der Waals surface area contributed by atoms with Crippen LogP contribution in [0.3, 0.4) is 0 Å². The Morgan fingerprint density at radius 1 is 1.00 bits per heavy atom. The van der Waals surface area contributed by atoms with Gasteiger partial charge in [0.25, 0.3) is 0 Å². The van der Waals surface area contributed by atoms with E-state index in [2.05, 4.69) is 19.1 Å². The van der Waals surface area contributed by atoms with Crippen LogP contribution in [-0.4, -0.2) is 11.1 Å². The zero-order valence-corrected chi connectivity index (χ0v) is 9.63. The van der Waals surface area contributed by atoms with E-state index in [-0.39, 0.29) is 5.56 Å². The van der Waals surface area contributed by atoms with Crippen LogP contribution >= 0.6 is 0 Å². The van der Waals surface area contributed by atoms with Gasteiger partial charge in [-0.05, 0) is 19.1 Å². The first kappa shape index (κ1) is 12.8. The first-order valence-corrected chi connectivity index (χ1v) is 5.20. The lowest BCUT2D eigenvalue weighted by molar-refractivity contribution is 0.0698. The molecule has 2 rings (SSSR count). The van der Waals surface area contributed by atoms with Crippen LogP contribution in [0, 0.1) is 6.92 Å². The van der Waals surface area contributed by atoms with E-state index in [0.717, 1.165) is 0 Å². The van der Waals surface area contributed by atoms with E-state index in [0.29, 0.717) is 5.69 Å². The van der Waals surface area contributed by atoms with Crippen molar-refractivity contribution in [1.82, 2.24) is 0 Å². The van der Waals surface area contributed by atoms with Crippen molar-refractivity contribution in [1.29, 1.82) is 0 Å². The molecule has 0 spiro atoms. The monoisotopic (exact) mass is 229 g/mol. The quantitative estimate of drug-likeness (QED) is 0.739. The van der Waals surface area contributed by atoms with Gasteiger partial charge < -0.3 is 10.8 Å². The minimum atomic E-state index is -0.988. The van der Waals surface area contributed by atoms with Gasteiger partial charge in [0.1, 0.15) is 0 Å². The van der Waals surface area contributed by atoms with Gasteiger partial charge in [-0.3, -0.25) is 0 Å². The van der Waals surface area contributed by atoms with Gasteiger partial charge in [0, 0.05) is 5.69 Å². The number of hydrogen-bond donors (Lipinski definition) is 2. The van der Waals surface area contributed by atoms with Crippen LogP contribution in [0.25, 0.3) is 0 Å². The first-order valence-electron chi connectivity index (χ1n) is 5.20. The third kappa shape index (κ3) is 4.38. The normalized spacial score (nSPS) is 9.00. The van der Waals surface area contributed by atoms with E-state index < -0.39 is 5.97 Å². The van der Waals surface area contributed by atoms with Crippen LogP contribution in [0.1, 0.15) is 15.9 Å². The number of carbonyl (C=O) groups is 1. The van der Waals surface area contributed by atoms with Gasteiger partial charge in [0.15, 0.2) is 0 Å². The summed E-state index contributed by atoms with van der Waals surface area (Å²) in [5.41, 5.74) is 7.12.